The Morgan fingerprint density at radius 2 is 1.53 bits per heavy atom. The van der Waals surface area contributed by atoms with Gasteiger partial charge < -0.3 is 5.32 Å². The summed E-state index contributed by atoms with van der Waals surface area (Å²) in [6.07, 6.45) is 14.6. The van der Waals surface area contributed by atoms with Gasteiger partial charge in [0.2, 0.25) is 0 Å². The normalized spacial score (nSPS) is 10.6. The molecule has 0 fully saturated rings. The molecule has 2 nitrogen and oxygen atoms in total. The van der Waals surface area contributed by atoms with Crippen LogP contribution in [0.15, 0.2) is 135 Å². The third-order valence-electron chi connectivity index (χ3n) is 5.10. The Morgan fingerprint density at radius 1 is 0.889 bits per heavy atom. The first-order valence-corrected chi connectivity index (χ1v) is 12.6. The van der Waals surface area contributed by atoms with Crippen molar-refractivity contribution >= 4 is 5.57 Å². The Kier molecular flexibility index (Phi) is 16.2. The molecule has 3 rings (SSSR count). The predicted octanol–water partition coefficient (Wildman–Crippen LogP) is 9.22. The van der Waals surface area contributed by atoms with Gasteiger partial charge in [0.05, 0.1) is 5.69 Å². The molecule has 1 N–H and O–H groups in total. The minimum atomic E-state index is 0.973. The summed E-state index contributed by atoms with van der Waals surface area (Å²) in [6, 6.07) is 25.3. The molecule has 0 radical (unpaired) electrons. The van der Waals surface area contributed by atoms with E-state index < -0.39 is 0 Å². The molecule has 0 aliphatic rings. The molecule has 0 unspecified atom stereocenters. The van der Waals surface area contributed by atoms with Crippen LogP contribution in [0.3, 0.4) is 0 Å². The van der Waals surface area contributed by atoms with Gasteiger partial charge in [-0.2, -0.15) is 0 Å². The van der Waals surface area contributed by atoms with Crippen molar-refractivity contribution in [2.24, 2.45) is 0 Å². The van der Waals surface area contributed by atoms with E-state index in [1.165, 1.54) is 34.3 Å². The minimum Gasteiger partial charge on any atom is -0.391 e. The molecule has 0 spiro atoms. The van der Waals surface area contributed by atoms with Crippen molar-refractivity contribution < 1.29 is 0 Å². The minimum absolute atomic E-state index is 0.973. The van der Waals surface area contributed by atoms with E-state index in [9.17, 15) is 0 Å². The summed E-state index contributed by atoms with van der Waals surface area (Å²) in [5, 5.41) is 2.96. The molecule has 188 valence electrons. The highest BCUT2D eigenvalue weighted by atomic mass is 14.8. The number of nitrogens with one attached hydrogen (secondary N) is 1. The maximum Gasteiger partial charge on any atom is 0.0658 e. The van der Waals surface area contributed by atoms with Crippen LogP contribution in [-0.4, -0.2) is 11.5 Å². The molecule has 0 aliphatic carbocycles. The Hall–Kier alpha value is -3.91. The first-order valence-electron chi connectivity index (χ1n) is 12.6. The molecular formula is C34H42N2. The van der Waals surface area contributed by atoms with Crippen molar-refractivity contribution in [3.8, 4) is 11.1 Å². The number of hydrogen-bond donors (Lipinski definition) is 1. The van der Waals surface area contributed by atoms with Crippen LogP contribution in [-0.2, 0) is 6.42 Å². The fourth-order valence-electron chi connectivity index (χ4n) is 3.33. The second-order valence-corrected chi connectivity index (χ2v) is 8.15. The summed E-state index contributed by atoms with van der Waals surface area (Å²) < 4.78 is 0. The lowest BCUT2D eigenvalue weighted by Crippen LogP contribution is -2.03. The molecule has 0 saturated carbocycles. The number of allylic oxidation sites excluding steroid dienone is 6. The van der Waals surface area contributed by atoms with Crippen LogP contribution >= 0.6 is 0 Å². The van der Waals surface area contributed by atoms with Crippen molar-refractivity contribution in [1.29, 1.82) is 0 Å². The van der Waals surface area contributed by atoms with E-state index in [1.54, 1.807) is 12.3 Å². The lowest BCUT2D eigenvalue weighted by molar-refractivity contribution is 0.811. The standard InChI is InChI=1S/C26H25N.C5H11N.C3H6/c1-3-9-23(20-21(2)26-12-7-8-19-27-26)14-13-22-15-17-25(18-16-22)24-10-5-4-6-11-24;1-3-5-6-4-2;1-3-2/h3-12,15-20H,1,13-14H2,2H3;4,6H,2-3,5H2,1H3;3H,1H2,2H3/b21-20+,23-9-;;. The highest BCUT2D eigenvalue weighted by molar-refractivity contribution is 5.64. The third kappa shape index (κ3) is 12.5. The van der Waals surface area contributed by atoms with Gasteiger partial charge in [-0.05, 0) is 79.3 Å². The zero-order valence-corrected chi connectivity index (χ0v) is 22.3. The van der Waals surface area contributed by atoms with Crippen LogP contribution in [0.2, 0.25) is 0 Å². The topological polar surface area (TPSA) is 24.9 Å². The van der Waals surface area contributed by atoms with Crippen LogP contribution in [0.5, 0.6) is 0 Å². The zero-order valence-electron chi connectivity index (χ0n) is 22.3. The number of nitrogens with zero attached hydrogens (tertiary/aromatic N) is 1. The number of aryl methyl sites for hydroxylation is 1. The molecule has 0 bridgehead atoms. The van der Waals surface area contributed by atoms with E-state index in [0.717, 1.165) is 25.1 Å². The summed E-state index contributed by atoms with van der Waals surface area (Å²) in [6.45, 7) is 17.9. The number of aromatic nitrogens is 1. The van der Waals surface area contributed by atoms with Gasteiger partial charge in [-0.1, -0.05) is 105 Å². The molecule has 36 heavy (non-hydrogen) atoms. The van der Waals surface area contributed by atoms with Gasteiger partial charge in [0.1, 0.15) is 0 Å². The molecule has 0 saturated heterocycles. The van der Waals surface area contributed by atoms with E-state index in [4.69, 9.17) is 0 Å². The lowest BCUT2D eigenvalue weighted by Gasteiger charge is -2.07. The molecule has 1 aromatic heterocycles. The van der Waals surface area contributed by atoms with Crippen LogP contribution in [0, 0.1) is 0 Å². The highest BCUT2D eigenvalue weighted by Gasteiger charge is 2.02. The van der Waals surface area contributed by atoms with Gasteiger partial charge >= 0.3 is 0 Å². The van der Waals surface area contributed by atoms with E-state index in [-0.39, 0.29) is 0 Å². The Bertz CT molecular complexity index is 1060. The zero-order chi connectivity index (χ0) is 26.4. The average Bonchev–Trinajstić information content (AvgIpc) is 2.93. The van der Waals surface area contributed by atoms with Gasteiger partial charge in [-0.15, -0.1) is 6.58 Å². The Morgan fingerprint density at radius 3 is 2.06 bits per heavy atom. The van der Waals surface area contributed by atoms with Crippen LogP contribution in [0.25, 0.3) is 16.7 Å². The molecule has 3 aromatic rings. The number of rotatable bonds is 10. The third-order valence-corrected chi connectivity index (χ3v) is 5.10. The average molecular weight is 479 g/mol. The first kappa shape index (κ1) is 30.1. The van der Waals surface area contributed by atoms with Crippen LogP contribution in [0.1, 0.15) is 44.9 Å². The van der Waals surface area contributed by atoms with E-state index in [1.807, 2.05) is 43.5 Å². The smallest absolute Gasteiger partial charge is 0.0658 e. The number of benzene rings is 2. The molecule has 0 amide bonds. The quantitative estimate of drug-likeness (QED) is 0.178. The van der Waals surface area contributed by atoms with E-state index >= 15 is 0 Å². The second kappa shape index (κ2) is 19.4. The second-order valence-electron chi connectivity index (χ2n) is 8.15. The number of pyridine rings is 1. The van der Waals surface area contributed by atoms with Gasteiger partial charge in [0.15, 0.2) is 0 Å². The fourth-order valence-corrected chi connectivity index (χ4v) is 3.33. The highest BCUT2D eigenvalue weighted by Crippen LogP contribution is 2.21. The van der Waals surface area contributed by atoms with Gasteiger partial charge in [0, 0.05) is 12.7 Å². The van der Waals surface area contributed by atoms with E-state index in [2.05, 4.69) is 105 Å². The molecule has 0 aliphatic heterocycles. The summed E-state index contributed by atoms with van der Waals surface area (Å²) in [7, 11) is 0. The van der Waals surface area contributed by atoms with Crippen molar-refractivity contribution in [2.75, 3.05) is 6.54 Å². The molecule has 1 heterocycles. The monoisotopic (exact) mass is 478 g/mol. The maximum absolute atomic E-state index is 4.43. The fraction of sp³-hybridized carbons (Fsp3) is 0.206. The SMILES string of the molecule is C=C/C=C(\C=C(/C)c1ccccn1)CCc1ccc(-c2ccccc2)cc1.C=CC.C=CNCCC. The Balaban J connectivity index is 0.000000621. The van der Waals surface area contributed by atoms with Gasteiger partial charge in [-0.25, -0.2) is 0 Å². The first-order chi connectivity index (χ1) is 17.6. The van der Waals surface area contributed by atoms with Crippen molar-refractivity contribution in [3.05, 3.63) is 146 Å². The van der Waals surface area contributed by atoms with Crippen LogP contribution in [0.4, 0.5) is 0 Å². The summed E-state index contributed by atoms with van der Waals surface area (Å²) in [5.41, 5.74) is 7.30. The van der Waals surface area contributed by atoms with Crippen LogP contribution < -0.4 is 5.32 Å². The Labute approximate surface area is 219 Å². The van der Waals surface area contributed by atoms with Crippen molar-refractivity contribution in [3.63, 3.8) is 0 Å². The number of hydrogen-bond acceptors (Lipinski definition) is 2. The molecule has 0 atom stereocenters. The lowest BCUT2D eigenvalue weighted by atomic mass is 9.99. The maximum atomic E-state index is 4.43. The van der Waals surface area contributed by atoms with Crippen molar-refractivity contribution in [2.45, 2.75) is 40.0 Å². The largest absolute Gasteiger partial charge is 0.391 e. The van der Waals surface area contributed by atoms with Crippen molar-refractivity contribution in [1.82, 2.24) is 10.3 Å². The predicted molar refractivity (Wildman–Crippen MR) is 161 cm³/mol. The van der Waals surface area contributed by atoms with Gasteiger partial charge in [-0.3, -0.25) is 4.98 Å². The molecular weight excluding hydrogens is 436 g/mol. The molecule has 2 aromatic carbocycles. The van der Waals surface area contributed by atoms with E-state index in [0.29, 0.717) is 0 Å². The summed E-state index contributed by atoms with van der Waals surface area (Å²) >= 11 is 0. The van der Waals surface area contributed by atoms with Gasteiger partial charge in [0.25, 0.3) is 0 Å². The molecule has 2 heteroatoms. The summed E-state index contributed by atoms with van der Waals surface area (Å²) in [5.74, 6) is 0. The summed E-state index contributed by atoms with van der Waals surface area (Å²) in [4.78, 5) is 4.43.